The van der Waals surface area contributed by atoms with Crippen molar-refractivity contribution in [1.82, 2.24) is 9.55 Å². The van der Waals surface area contributed by atoms with Gasteiger partial charge in [-0.1, -0.05) is 24.3 Å². The van der Waals surface area contributed by atoms with Crippen molar-refractivity contribution in [3.63, 3.8) is 0 Å². The van der Waals surface area contributed by atoms with Gasteiger partial charge in [-0.15, -0.1) is 0 Å². The van der Waals surface area contributed by atoms with Crippen molar-refractivity contribution in [2.75, 3.05) is 6.61 Å². The number of aliphatic hydroxyl groups excluding tert-OH is 1. The molecule has 1 N–H and O–H groups in total. The summed E-state index contributed by atoms with van der Waals surface area (Å²) >= 11 is 0. The summed E-state index contributed by atoms with van der Waals surface area (Å²) in [5.74, 6) is 0.817. The minimum atomic E-state index is 0.145. The number of para-hydroxylation sites is 1. The number of fused-ring (bicyclic) bond motifs is 2. The lowest BCUT2D eigenvalue weighted by atomic mass is 10.1. The lowest BCUT2D eigenvalue weighted by molar-refractivity contribution is 0.299. The fourth-order valence-electron chi connectivity index (χ4n) is 3.49. The van der Waals surface area contributed by atoms with E-state index in [2.05, 4.69) is 47.8 Å². The number of nitrogens with zero attached hydrogens (tertiary/aromatic N) is 2. The Bertz CT molecular complexity index is 1080. The van der Waals surface area contributed by atoms with E-state index in [1.807, 2.05) is 30.3 Å². The zero-order valence-corrected chi connectivity index (χ0v) is 15.1. The van der Waals surface area contributed by atoms with E-state index in [9.17, 15) is 5.11 Å². The van der Waals surface area contributed by atoms with Gasteiger partial charge in [0.2, 0.25) is 0 Å². The number of benzene rings is 2. The number of hydrogen-bond donors (Lipinski definition) is 1. The van der Waals surface area contributed by atoms with Gasteiger partial charge in [0, 0.05) is 35.6 Å². The SMILES string of the molecule is Cc1c(CCO)c2cc(OCc3ccc4ccccc4n3)ccc2n1C. The number of ether oxygens (including phenoxy) is 1. The van der Waals surface area contributed by atoms with Gasteiger partial charge in [0.15, 0.2) is 0 Å². The van der Waals surface area contributed by atoms with E-state index in [4.69, 9.17) is 4.74 Å². The highest BCUT2D eigenvalue weighted by Gasteiger charge is 2.12. The molecule has 4 nitrogen and oxygen atoms in total. The summed E-state index contributed by atoms with van der Waals surface area (Å²) in [6.07, 6.45) is 0.652. The number of aryl methyl sites for hydroxylation is 1. The van der Waals surface area contributed by atoms with Gasteiger partial charge in [0.05, 0.1) is 11.2 Å². The number of aromatic nitrogens is 2. The van der Waals surface area contributed by atoms with Crippen molar-refractivity contribution < 1.29 is 9.84 Å². The van der Waals surface area contributed by atoms with Crippen LogP contribution in [-0.2, 0) is 20.1 Å². The van der Waals surface area contributed by atoms with Crippen molar-refractivity contribution in [2.45, 2.75) is 20.0 Å². The Morgan fingerprint density at radius 2 is 1.92 bits per heavy atom. The Labute approximate surface area is 152 Å². The summed E-state index contributed by atoms with van der Waals surface area (Å²) in [5.41, 5.74) is 5.40. The van der Waals surface area contributed by atoms with Crippen molar-refractivity contribution in [2.24, 2.45) is 7.05 Å². The maximum Gasteiger partial charge on any atom is 0.130 e. The molecule has 0 saturated heterocycles. The normalized spacial score (nSPS) is 11.3. The summed E-state index contributed by atoms with van der Waals surface area (Å²) in [7, 11) is 2.05. The highest BCUT2D eigenvalue weighted by Crippen LogP contribution is 2.29. The molecular weight excluding hydrogens is 324 g/mol. The van der Waals surface area contributed by atoms with Crippen LogP contribution in [0.3, 0.4) is 0 Å². The largest absolute Gasteiger partial charge is 0.487 e. The van der Waals surface area contributed by atoms with Gasteiger partial charge in [-0.25, -0.2) is 4.98 Å². The lowest BCUT2D eigenvalue weighted by Crippen LogP contribution is -1.98. The molecule has 0 fully saturated rings. The Kier molecular flexibility index (Phi) is 4.35. The van der Waals surface area contributed by atoms with Crippen LogP contribution in [0.1, 0.15) is 17.0 Å². The lowest BCUT2D eigenvalue weighted by Gasteiger charge is -2.08. The molecule has 132 valence electrons. The number of aliphatic hydroxyl groups is 1. The molecule has 26 heavy (non-hydrogen) atoms. The first-order chi connectivity index (χ1) is 12.7. The third kappa shape index (κ3) is 2.93. The maximum atomic E-state index is 9.37. The molecule has 4 aromatic rings. The quantitative estimate of drug-likeness (QED) is 0.590. The molecule has 0 saturated carbocycles. The summed E-state index contributed by atoms with van der Waals surface area (Å²) in [6.45, 7) is 2.66. The second kappa shape index (κ2) is 6.81. The molecule has 0 unspecified atom stereocenters. The van der Waals surface area contributed by atoms with E-state index in [1.165, 1.54) is 11.3 Å². The third-order valence-corrected chi connectivity index (χ3v) is 5.00. The molecular formula is C22H22N2O2. The minimum absolute atomic E-state index is 0.145. The Balaban J connectivity index is 1.61. The molecule has 2 aromatic heterocycles. The molecule has 0 aliphatic rings. The first kappa shape index (κ1) is 16.6. The average Bonchev–Trinajstić information content (AvgIpc) is 2.91. The van der Waals surface area contributed by atoms with Crippen LogP contribution in [0.4, 0.5) is 0 Å². The van der Waals surface area contributed by atoms with Crippen LogP contribution in [-0.4, -0.2) is 21.3 Å². The van der Waals surface area contributed by atoms with Gasteiger partial charge in [0.1, 0.15) is 12.4 Å². The van der Waals surface area contributed by atoms with E-state index >= 15 is 0 Å². The maximum absolute atomic E-state index is 9.37. The van der Waals surface area contributed by atoms with E-state index in [0.29, 0.717) is 13.0 Å². The average molecular weight is 346 g/mol. The Hall–Kier alpha value is -2.85. The van der Waals surface area contributed by atoms with Crippen LogP contribution >= 0.6 is 0 Å². The Morgan fingerprint density at radius 1 is 1.08 bits per heavy atom. The molecule has 4 rings (SSSR count). The summed E-state index contributed by atoms with van der Waals surface area (Å²) in [5, 5.41) is 11.6. The van der Waals surface area contributed by atoms with E-state index < -0.39 is 0 Å². The number of hydrogen-bond acceptors (Lipinski definition) is 3. The predicted molar refractivity (Wildman–Crippen MR) is 105 cm³/mol. The second-order valence-electron chi connectivity index (χ2n) is 6.56. The van der Waals surface area contributed by atoms with Gasteiger partial charge in [-0.05, 0) is 49.2 Å². The van der Waals surface area contributed by atoms with Crippen molar-refractivity contribution in [1.29, 1.82) is 0 Å². The first-order valence-corrected chi connectivity index (χ1v) is 8.83. The second-order valence-corrected chi connectivity index (χ2v) is 6.56. The predicted octanol–water partition coefficient (Wildman–Crippen LogP) is 4.15. The van der Waals surface area contributed by atoms with Crippen LogP contribution < -0.4 is 4.74 Å². The molecule has 0 amide bonds. The summed E-state index contributed by atoms with van der Waals surface area (Å²) < 4.78 is 8.16. The van der Waals surface area contributed by atoms with Crippen LogP contribution in [0.2, 0.25) is 0 Å². The molecule has 0 radical (unpaired) electrons. The Morgan fingerprint density at radius 3 is 2.77 bits per heavy atom. The molecule has 0 aliphatic heterocycles. The van der Waals surface area contributed by atoms with Gasteiger partial charge in [-0.3, -0.25) is 0 Å². The summed E-state index contributed by atoms with van der Waals surface area (Å²) in [6, 6.07) is 18.3. The highest BCUT2D eigenvalue weighted by atomic mass is 16.5. The number of pyridine rings is 1. The van der Waals surface area contributed by atoms with Gasteiger partial charge in [-0.2, -0.15) is 0 Å². The minimum Gasteiger partial charge on any atom is -0.487 e. The van der Waals surface area contributed by atoms with Gasteiger partial charge >= 0.3 is 0 Å². The standard InChI is InChI=1S/C22H22N2O2/c1-15-19(11-12-25)20-13-18(9-10-22(20)24(15)2)26-14-17-8-7-16-5-3-4-6-21(16)23-17/h3-10,13,25H,11-12,14H2,1-2H3. The monoisotopic (exact) mass is 346 g/mol. The summed E-state index contributed by atoms with van der Waals surface area (Å²) in [4.78, 5) is 4.66. The van der Waals surface area contributed by atoms with E-state index in [0.717, 1.165) is 33.2 Å². The van der Waals surface area contributed by atoms with Crippen LogP contribution in [0.25, 0.3) is 21.8 Å². The molecule has 2 heterocycles. The topological polar surface area (TPSA) is 47.3 Å². The van der Waals surface area contributed by atoms with Crippen molar-refractivity contribution >= 4 is 21.8 Å². The van der Waals surface area contributed by atoms with Crippen molar-refractivity contribution in [3.05, 3.63) is 71.5 Å². The fraction of sp³-hybridized carbons (Fsp3) is 0.227. The zero-order valence-electron chi connectivity index (χ0n) is 15.1. The van der Waals surface area contributed by atoms with Crippen molar-refractivity contribution in [3.8, 4) is 5.75 Å². The number of rotatable bonds is 5. The zero-order chi connectivity index (χ0) is 18.1. The first-order valence-electron chi connectivity index (χ1n) is 8.83. The molecule has 0 spiro atoms. The van der Waals surface area contributed by atoms with Gasteiger partial charge in [0.25, 0.3) is 0 Å². The van der Waals surface area contributed by atoms with E-state index in [1.54, 1.807) is 0 Å². The smallest absolute Gasteiger partial charge is 0.130 e. The van der Waals surface area contributed by atoms with Gasteiger partial charge < -0.3 is 14.4 Å². The van der Waals surface area contributed by atoms with Crippen LogP contribution in [0.5, 0.6) is 5.75 Å². The molecule has 0 bridgehead atoms. The van der Waals surface area contributed by atoms with E-state index in [-0.39, 0.29) is 6.61 Å². The fourth-order valence-corrected chi connectivity index (χ4v) is 3.49. The van der Waals surface area contributed by atoms with Crippen LogP contribution in [0, 0.1) is 6.92 Å². The molecule has 0 aliphatic carbocycles. The molecule has 2 aromatic carbocycles. The highest BCUT2D eigenvalue weighted by molar-refractivity contribution is 5.87. The molecule has 0 atom stereocenters. The third-order valence-electron chi connectivity index (χ3n) is 5.00. The van der Waals surface area contributed by atoms with Crippen LogP contribution in [0.15, 0.2) is 54.6 Å². The molecule has 4 heteroatoms.